The van der Waals surface area contributed by atoms with Crippen molar-refractivity contribution in [3.63, 3.8) is 0 Å². The van der Waals surface area contributed by atoms with Crippen molar-refractivity contribution in [1.82, 2.24) is 10.2 Å². The number of phenolic OH excluding ortho intramolecular Hbond substituents is 1. The Hall–Kier alpha value is -3.57. The number of anilines is 1. The fourth-order valence-electron chi connectivity index (χ4n) is 6.58. The first-order valence-corrected chi connectivity index (χ1v) is 14.7. The minimum absolute atomic E-state index is 0.0213. The molecule has 1 aliphatic carbocycles. The first-order valence-electron chi connectivity index (χ1n) is 13.8. The van der Waals surface area contributed by atoms with Crippen LogP contribution in [0.3, 0.4) is 0 Å². The summed E-state index contributed by atoms with van der Waals surface area (Å²) in [6.07, 6.45) is 1.93. The van der Waals surface area contributed by atoms with Crippen LogP contribution in [-0.2, 0) is 15.1 Å². The molecule has 0 radical (unpaired) electrons. The molecule has 0 bridgehead atoms. The molecule has 3 aliphatic rings. The summed E-state index contributed by atoms with van der Waals surface area (Å²) >= 11 is 1.38. The van der Waals surface area contributed by atoms with Gasteiger partial charge in [0.25, 0.3) is 0 Å². The van der Waals surface area contributed by atoms with Crippen LogP contribution < -0.4 is 27.3 Å². The molecule has 6 rings (SSSR count). The van der Waals surface area contributed by atoms with E-state index < -0.39 is 22.7 Å². The maximum absolute atomic E-state index is 14.2. The number of ketones is 1. The number of aromatic hydroxyl groups is 1. The third-order valence-corrected chi connectivity index (χ3v) is 10.0. The highest BCUT2D eigenvalue weighted by Crippen LogP contribution is 2.56. The quantitative estimate of drug-likeness (QED) is 0.290. The number of nitrogens with two attached hydrogens (primary N) is 3. The Morgan fingerprint density at radius 3 is 2.66 bits per heavy atom. The van der Waals surface area contributed by atoms with Gasteiger partial charge in [0.15, 0.2) is 17.3 Å². The second kappa shape index (κ2) is 10.4. The van der Waals surface area contributed by atoms with Crippen molar-refractivity contribution in [2.24, 2.45) is 11.5 Å². The smallest absolute Gasteiger partial charge is 0.234 e. The van der Waals surface area contributed by atoms with Gasteiger partial charge in [-0.05, 0) is 85.9 Å². The van der Waals surface area contributed by atoms with Crippen molar-refractivity contribution in [1.29, 1.82) is 0 Å². The average Bonchev–Trinajstić information content (AvgIpc) is 3.35. The second-order valence-electron chi connectivity index (χ2n) is 11.4. The molecule has 5 unspecified atom stereocenters. The SMILES string of the molecule is Cc1cc(Oc2ccccc2O)ccc1C1(N)C(=O)C(N)C2c3c1ccc(N)c3SC2C(=O)NC1CCCN(C)C1. The zero-order chi connectivity index (χ0) is 29.1. The normalized spacial score (nSPS) is 27.4. The molecule has 10 heteroatoms. The number of nitrogen functional groups attached to an aromatic ring is 1. The van der Waals surface area contributed by atoms with Gasteiger partial charge in [0.2, 0.25) is 5.91 Å². The van der Waals surface area contributed by atoms with Crippen LogP contribution in [-0.4, -0.2) is 59.2 Å². The molecule has 41 heavy (non-hydrogen) atoms. The number of benzene rings is 3. The van der Waals surface area contributed by atoms with E-state index in [0.717, 1.165) is 42.0 Å². The van der Waals surface area contributed by atoms with Crippen molar-refractivity contribution in [3.05, 3.63) is 76.9 Å². The van der Waals surface area contributed by atoms with Crippen molar-refractivity contribution >= 4 is 29.1 Å². The van der Waals surface area contributed by atoms with Crippen LogP contribution in [0.4, 0.5) is 5.69 Å². The van der Waals surface area contributed by atoms with E-state index in [2.05, 4.69) is 10.2 Å². The number of thioether (sulfide) groups is 1. The van der Waals surface area contributed by atoms with E-state index in [-0.39, 0.29) is 23.5 Å². The predicted octanol–water partition coefficient (Wildman–Crippen LogP) is 2.96. The van der Waals surface area contributed by atoms with E-state index in [1.165, 1.54) is 11.8 Å². The summed E-state index contributed by atoms with van der Waals surface area (Å²) in [5.74, 6) is -0.184. The Morgan fingerprint density at radius 2 is 1.93 bits per heavy atom. The third kappa shape index (κ3) is 4.55. The second-order valence-corrected chi connectivity index (χ2v) is 12.5. The first-order chi connectivity index (χ1) is 19.6. The average molecular weight is 574 g/mol. The van der Waals surface area contributed by atoms with Crippen LogP contribution in [0.25, 0.3) is 0 Å². The zero-order valence-electron chi connectivity index (χ0n) is 23.1. The number of carbonyl (C=O) groups is 2. The lowest BCUT2D eigenvalue weighted by atomic mass is 9.64. The first kappa shape index (κ1) is 27.6. The van der Waals surface area contributed by atoms with Gasteiger partial charge in [0.1, 0.15) is 11.3 Å². The summed E-state index contributed by atoms with van der Waals surface area (Å²) in [6.45, 7) is 3.65. The minimum atomic E-state index is -1.54. The maximum Gasteiger partial charge on any atom is 0.234 e. The van der Waals surface area contributed by atoms with E-state index in [4.69, 9.17) is 21.9 Å². The summed E-state index contributed by atoms with van der Waals surface area (Å²) in [5, 5.41) is 12.7. The van der Waals surface area contributed by atoms with Crippen molar-refractivity contribution in [2.75, 3.05) is 25.9 Å². The third-order valence-electron chi connectivity index (χ3n) is 8.58. The molecule has 0 spiro atoms. The lowest BCUT2D eigenvalue weighted by Crippen LogP contribution is -2.61. The molecule has 8 N–H and O–H groups in total. The molecule has 9 nitrogen and oxygen atoms in total. The van der Waals surface area contributed by atoms with Crippen molar-refractivity contribution in [2.45, 2.75) is 53.5 Å². The molecular weight excluding hydrogens is 538 g/mol. The van der Waals surface area contributed by atoms with E-state index in [1.54, 1.807) is 54.6 Å². The number of amides is 1. The number of carbonyl (C=O) groups excluding carboxylic acids is 2. The maximum atomic E-state index is 14.2. The Bertz CT molecular complexity index is 1550. The highest BCUT2D eigenvalue weighted by molar-refractivity contribution is 8.01. The number of nitrogens with zero attached hydrogens (tertiary/aromatic N) is 1. The van der Waals surface area contributed by atoms with Crippen molar-refractivity contribution < 1.29 is 19.4 Å². The molecule has 1 saturated heterocycles. The van der Waals surface area contributed by atoms with Gasteiger partial charge < -0.3 is 37.3 Å². The monoisotopic (exact) mass is 573 g/mol. The summed E-state index contributed by atoms with van der Waals surface area (Å²) in [5.41, 5.74) is 21.9. The number of ether oxygens (including phenoxy) is 1. The van der Waals surface area contributed by atoms with E-state index in [0.29, 0.717) is 28.3 Å². The molecule has 5 atom stereocenters. The molecule has 3 aromatic rings. The molecular formula is C31H35N5O4S. The Kier molecular flexibility index (Phi) is 6.97. The number of hydrogen-bond acceptors (Lipinski definition) is 9. The predicted molar refractivity (Wildman–Crippen MR) is 159 cm³/mol. The van der Waals surface area contributed by atoms with Gasteiger partial charge in [0.05, 0.1) is 11.3 Å². The number of para-hydroxylation sites is 2. The van der Waals surface area contributed by atoms with Crippen LogP contribution in [0.15, 0.2) is 59.5 Å². The summed E-state index contributed by atoms with van der Waals surface area (Å²) in [7, 11) is 2.05. The van der Waals surface area contributed by atoms with E-state index in [1.807, 2.05) is 14.0 Å². The molecule has 214 valence electrons. The van der Waals surface area contributed by atoms with Gasteiger partial charge in [-0.25, -0.2) is 0 Å². The molecule has 0 aromatic heterocycles. The Labute approximate surface area is 243 Å². The van der Waals surface area contributed by atoms with E-state index in [9.17, 15) is 14.7 Å². The standard InChI is InChI=1S/C31H35N5O4S/c1-16-14-18(40-23-8-4-3-7-22(23)37)9-10-19(16)31(34)20-11-12-21(32)27-24(20)25(26(33)29(31)38)28(41-27)30(39)35-17-6-5-13-36(2)15-17/h3-4,7-12,14,17,25-26,28,37H,5-6,13,15,32-34H2,1-2H3,(H,35,39). The van der Waals surface area contributed by atoms with Gasteiger partial charge in [-0.2, -0.15) is 0 Å². The number of nitrogens with one attached hydrogen (secondary N) is 1. The fourth-order valence-corrected chi connectivity index (χ4v) is 8.03. The number of Topliss-reactive ketones (excluding diaryl/α,β-unsaturated/α-hetero) is 1. The van der Waals surface area contributed by atoms with Crippen LogP contribution in [0.5, 0.6) is 17.2 Å². The number of rotatable bonds is 5. The molecule has 1 amide bonds. The number of hydrogen-bond donors (Lipinski definition) is 5. The van der Waals surface area contributed by atoms with Gasteiger partial charge in [-0.3, -0.25) is 9.59 Å². The van der Waals surface area contributed by atoms with Gasteiger partial charge in [-0.1, -0.05) is 24.3 Å². The van der Waals surface area contributed by atoms with Crippen LogP contribution in [0, 0.1) is 6.92 Å². The molecule has 2 heterocycles. The summed E-state index contributed by atoms with van der Waals surface area (Å²) in [4.78, 5) is 30.8. The minimum Gasteiger partial charge on any atom is -0.504 e. The van der Waals surface area contributed by atoms with E-state index >= 15 is 0 Å². The van der Waals surface area contributed by atoms with Crippen molar-refractivity contribution in [3.8, 4) is 17.2 Å². The summed E-state index contributed by atoms with van der Waals surface area (Å²) < 4.78 is 5.89. The fraction of sp³-hybridized carbons (Fsp3) is 0.355. The highest BCUT2D eigenvalue weighted by Gasteiger charge is 2.57. The number of likely N-dealkylation sites (tertiary alicyclic amines) is 1. The zero-order valence-corrected chi connectivity index (χ0v) is 23.9. The largest absolute Gasteiger partial charge is 0.504 e. The highest BCUT2D eigenvalue weighted by atomic mass is 32.2. The Balaban J connectivity index is 1.36. The molecule has 0 saturated carbocycles. The lowest BCUT2D eigenvalue weighted by Gasteiger charge is -2.42. The molecule has 3 aromatic carbocycles. The topological polar surface area (TPSA) is 157 Å². The number of phenols is 1. The number of likely N-dealkylation sites (N-methyl/N-ethyl adjacent to an activating group) is 1. The molecule has 2 aliphatic heterocycles. The number of aryl methyl sites for hydroxylation is 1. The lowest BCUT2D eigenvalue weighted by molar-refractivity contribution is -0.126. The number of piperidine rings is 1. The van der Waals surface area contributed by atoms with Gasteiger partial charge >= 0.3 is 0 Å². The van der Waals surface area contributed by atoms with Gasteiger partial charge in [0, 0.05) is 29.1 Å². The van der Waals surface area contributed by atoms with Crippen LogP contribution >= 0.6 is 11.8 Å². The van der Waals surface area contributed by atoms with Gasteiger partial charge in [-0.15, -0.1) is 11.8 Å². The molecule has 1 fully saturated rings. The Morgan fingerprint density at radius 1 is 1.17 bits per heavy atom. The van der Waals surface area contributed by atoms with Crippen LogP contribution in [0.1, 0.15) is 41.0 Å². The van der Waals surface area contributed by atoms with Crippen LogP contribution in [0.2, 0.25) is 0 Å². The summed E-state index contributed by atoms with van der Waals surface area (Å²) in [6, 6.07) is 14.6.